The van der Waals surface area contributed by atoms with Crippen LogP contribution in [0.1, 0.15) is 18.1 Å². The minimum absolute atomic E-state index is 0.581. The summed E-state index contributed by atoms with van der Waals surface area (Å²) in [6, 6.07) is 17.4. The summed E-state index contributed by atoms with van der Waals surface area (Å²) in [6.07, 6.45) is 0.581. The molecule has 0 aliphatic rings. The van der Waals surface area contributed by atoms with Crippen LogP contribution in [0.4, 0.5) is 0 Å². The van der Waals surface area contributed by atoms with E-state index in [1.165, 1.54) is 0 Å². The first-order valence-corrected chi connectivity index (χ1v) is 6.19. The summed E-state index contributed by atoms with van der Waals surface area (Å²) in [5, 5.41) is 9.28. The normalized spacial score (nSPS) is 13.8. The second-order valence-electron chi connectivity index (χ2n) is 4.71. The first-order valence-electron chi connectivity index (χ1n) is 6.19. The van der Waals surface area contributed by atoms with E-state index in [2.05, 4.69) is 0 Å². The van der Waals surface area contributed by atoms with Crippen LogP contribution in [0.25, 0.3) is 0 Å². The summed E-state index contributed by atoms with van der Waals surface area (Å²) in [4.78, 5) is 4.75. The fourth-order valence-electron chi connectivity index (χ4n) is 2.11. The minimum atomic E-state index is -0.754. The average Bonchev–Trinajstić information content (AvgIpc) is 2.49. The van der Waals surface area contributed by atoms with Gasteiger partial charge in [-0.3, -0.25) is 5.26 Å². The van der Waals surface area contributed by atoms with Crippen molar-refractivity contribution in [3.8, 4) is 5.75 Å². The van der Waals surface area contributed by atoms with Gasteiger partial charge in [0, 0.05) is 6.42 Å². The first-order chi connectivity index (χ1) is 9.18. The Labute approximate surface area is 113 Å². The third-order valence-corrected chi connectivity index (χ3v) is 3.29. The zero-order chi connectivity index (χ0) is 13.7. The third-order valence-electron chi connectivity index (χ3n) is 3.29. The van der Waals surface area contributed by atoms with Crippen molar-refractivity contribution in [1.29, 1.82) is 0 Å². The SMILES string of the molecule is COc1ccc(CC(C)(OO)c2ccccc2)cc1. The molecule has 100 valence electrons. The van der Waals surface area contributed by atoms with Gasteiger partial charge in [-0.25, -0.2) is 4.89 Å². The molecule has 0 bridgehead atoms. The Bertz CT molecular complexity index is 507. The lowest BCUT2D eigenvalue weighted by molar-refractivity contribution is -0.323. The molecular weight excluding hydrogens is 240 g/mol. The molecular formula is C16H18O3. The molecule has 1 unspecified atom stereocenters. The lowest BCUT2D eigenvalue weighted by Crippen LogP contribution is -2.27. The molecule has 3 nitrogen and oxygen atoms in total. The number of ether oxygens (including phenoxy) is 1. The quantitative estimate of drug-likeness (QED) is 0.657. The van der Waals surface area contributed by atoms with Gasteiger partial charge in [-0.15, -0.1) is 0 Å². The molecule has 2 aromatic rings. The van der Waals surface area contributed by atoms with Crippen LogP contribution in [0.2, 0.25) is 0 Å². The van der Waals surface area contributed by atoms with Crippen LogP contribution in [-0.2, 0) is 16.9 Å². The zero-order valence-electron chi connectivity index (χ0n) is 11.2. The van der Waals surface area contributed by atoms with E-state index < -0.39 is 5.60 Å². The van der Waals surface area contributed by atoms with Crippen LogP contribution >= 0.6 is 0 Å². The Balaban J connectivity index is 2.22. The molecule has 19 heavy (non-hydrogen) atoms. The van der Waals surface area contributed by atoms with E-state index in [1.54, 1.807) is 7.11 Å². The molecule has 0 aromatic heterocycles. The standard InChI is InChI=1S/C16H18O3/c1-16(19-17,14-6-4-3-5-7-14)12-13-8-10-15(18-2)11-9-13/h3-11,17H,12H2,1-2H3. The molecule has 1 atom stereocenters. The predicted octanol–water partition coefficient (Wildman–Crippen LogP) is 3.64. The molecule has 2 rings (SSSR count). The molecule has 2 aromatic carbocycles. The van der Waals surface area contributed by atoms with Crippen molar-refractivity contribution in [2.75, 3.05) is 7.11 Å². The summed E-state index contributed by atoms with van der Waals surface area (Å²) >= 11 is 0. The Morgan fingerprint density at radius 1 is 1.00 bits per heavy atom. The van der Waals surface area contributed by atoms with Gasteiger partial charge in [0.15, 0.2) is 0 Å². The average molecular weight is 258 g/mol. The highest BCUT2D eigenvalue weighted by molar-refractivity contribution is 5.30. The maximum absolute atomic E-state index is 9.28. The molecule has 1 N–H and O–H groups in total. The summed E-state index contributed by atoms with van der Waals surface area (Å²) in [5.74, 6) is 0.815. The summed E-state index contributed by atoms with van der Waals surface area (Å²) in [7, 11) is 1.64. The highest BCUT2D eigenvalue weighted by atomic mass is 17.1. The maximum Gasteiger partial charge on any atom is 0.129 e. The topological polar surface area (TPSA) is 38.7 Å². The highest BCUT2D eigenvalue weighted by Gasteiger charge is 2.28. The highest BCUT2D eigenvalue weighted by Crippen LogP contribution is 2.29. The van der Waals surface area contributed by atoms with E-state index in [4.69, 9.17) is 9.62 Å². The molecule has 0 fully saturated rings. The van der Waals surface area contributed by atoms with E-state index in [0.717, 1.165) is 16.9 Å². The first kappa shape index (κ1) is 13.6. The lowest BCUT2D eigenvalue weighted by atomic mass is 9.89. The van der Waals surface area contributed by atoms with E-state index in [-0.39, 0.29) is 0 Å². The van der Waals surface area contributed by atoms with E-state index in [0.29, 0.717) is 6.42 Å². The van der Waals surface area contributed by atoms with Crippen LogP contribution in [-0.4, -0.2) is 12.4 Å². The van der Waals surface area contributed by atoms with E-state index in [9.17, 15) is 5.26 Å². The van der Waals surface area contributed by atoms with Gasteiger partial charge in [-0.1, -0.05) is 42.5 Å². The van der Waals surface area contributed by atoms with Crippen LogP contribution < -0.4 is 4.74 Å². The molecule has 0 spiro atoms. The number of hydrogen-bond donors (Lipinski definition) is 1. The van der Waals surface area contributed by atoms with Gasteiger partial charge in [-0.2, -0.15) is 0 Å². The molecule has 0 radical (unpaired) electrons. The molecule has 0 aliphatic heterocycles. The smallest absolute Gasteiger partial charge is 0.129 e. The Kier molecular flexibility index (Phi) is 4.20. The van der Waals surface area contributed by atoms with E-state index in [1.807, 2.05) is 61.5 Å². The van der Waals surface area contributed by atoms with E-state index >= 15 is 0 Å². The molecule has 0 aliphatic carbocycles. The van der Waals surface area contributed by atoms with Crippen molar-refractivity contribution in [2.45, 2.75) is 18.9 Å². The maximum atomic E-state index is 9.28. The van der Waals surface area contributed by atoms with Crippen LogP contribution in [0.5, 0.6) is 5.75 Å². The second-order valence-corrected chi connectivity index (χ2v) is 4.71. The summed E-state index contributed by atoms with van der Waals surface area (Å²) < 4.78 is 5.13. The van der Waals surface area contributed by atoms with Crippen molar-refractivity contribution in [2.24, 2.45) is 0 Å². The zero-order valence-corrected chi connectivity index (χ0v) is 11.2. The Hall–Kier alpha value is -1.84. The van der Waals surface area contributed by atoms with Crippen LogP contribution in [0, 0.1) is 0 Å². The van der Waals surface area contributed by atoms with Gasteiger partial charge < -0.3 is 4.74 Å². The van der Waals surface area contributed by atoms with Gasteiger partial charge >= 0.3 is 0 Å². The molecule has 0 amide bonds. The van der Waals surface area contributed by atoms with Gasteiger partial charge in [0.1, 0.15) is 11.4 Å². The fraction of sp³-hybridized carbons (Fsp3) is 0.250. The van der Waals surface area contributed by atoms with Crippen molar-refractivity contribution >= 4 is 0 Å². The summed E-state index contributed by atoms with van der Waals surface area (Å²) in [6.45, 7) is 1.87. The molecule has 3 heteroatoms. The third kappa shape index (κ3) is 3.13. The minimum Gasteiger partial charge on any atom is -0.497 e. The Morgan fingerprint density at radius 2 is 1.63 bits per heavy atom. The molecule has 0 saturated heterocycles. The Morgan fingerprint density at radius 3 is 2.16 bits per heavy atom. The number of rotatable bonds is 5. The van der Waals surface area contributed by atoms with Crippen molar-refractivity contribution in [1.82, 2.24) is 0 Å². The molecule has 0 heterocycles. The van der Waals surface area contributed by atoms with Crippen molar-refractivity contribution in [3.05, 3.63) is 65.7 Å². The van der Waals surface area contributed by atoms with Crippen molar-refractivity contribution in [3.63, 3.8) is 0 Å². The van der Waals surface area contributed by atoms with Gasteiger partial charge in [0.2, 0.25) is 0 Å². The predicted molar refractivity (Wildman–Crippen MR) is 74.2 cm³/mol. The molecule has 0 saturated carbocycles. The number of hydrogen-bond acceptors (Lipinski definition) is 3. The second kappa shape index (κ2) is 5.87. The van der Waals surface area contributed by atoms with Crippen LogP contribution in [0.3, 0.4) is 0 Å². The van der Waals surface area contributed by atoms with Crippen LogP contribution in [0.15, 0.2) is 54.6 Å². The fourth-order valence-corrected chi connectivity index (χ4v) is 2.11. The largest absolute Gasteiger partial charge is 0.497 e. The van der Waals surface area contributed by atoms with Gasteiger partial charge in [-0.05, 0) is 30.2 Å². The monoisotopic (exact) mass is 258 g/mol. The lowest BCUT2D eigenvalue weighted by Gasteiger charge is -2.26. The van der Waals surface area contributed by atoms with Gasteiger partial charge in [0.05, 0.1) is 7.11 Å². The number of benzene rings is 2. The number of methoxy groups -OCH3 is 1. The summed E-state index contributed by atoms with van der Waals surface area (Å²) in [5.41, 5.74) is 1.25. The van der Waals surface area contributed by atoms with Crippen molar-refractivity contribution < 1.29 is 14.9 Å². The van der Waals surface area contributed by atoms with Gasteiger partial charge in [0.25, 0.3) is 0 Å².